The molecule has 0 saturated carbocycles. The zero-order valence-electron chi connectivity index (χ0n) is 15.9. The molecule has 1 fully saturated rings. The van der Waals surface area contributed by atoms with Gasteiger partial charge in [-0.25, -0.2) is 9.78 Å². The lowest BCUT2D eigenvalue weighted by molar-refractivity contribution is -0.142. The highest BCUT2D eigenvalue weighted by atomic mass is 32.1. The van der Waals surface area contributed by atoms with Crippen LogP contribution in [0.3, 0.4) is 0 Å². The van der Waals surface area contributed by atoms with Crippen LogP contribution in [0.25, 0.3) is 0 Å². The Hall–Kier alpha value is -2.63. The molecule has 1 aliphatic heterocycles. The lowest BCUT2D eigenvalue weighted by Crippen LogP contribution is -2.49. The number of nitrogens with zero attached hydrogens (tertiary/aromatic N) is 5. The first-order chi connectivity index (χ1) is 13.7. The molecule has 0 aliphatic carbocycles. The number of ether oxygens (including phenoxy) is 1. The van der Waals surface area contributed by atoms with E-state index in [2.05, 4.69) is 10.1 Å². The van der Waals surface area contributed by atoms with Crippen molar-refractivity contribution >= 4 is 28.3 Å². The van der Waals surface area contributed by atoms with Gasteiger partial charge in [0.05, 0.1) is 6.61 Å². The molecule has 1 amide bonds. The van der Waals surface area contributed by atoms with Gasteiger partial charge in [0.15, 0.2) is 16.5 Å². The van der Waals surface area contributed by atoms with Crippen LogP contribution in [0.2, 0.25) is 0 Å². The van der Waals surface area contributed by atoms with E-state index in [0.29, 0.717) is 31.3 Å². The number of rotatable bonds is 5. The van der Waals surface area contributed by atoms with Gasteiger partial charge in [0.1, 0.15) is 6.54 Å². The smallest absolute Gasteiger partial charge is 0.435 e. The summed E-state index contributed by atoms with van der Waals surface area (Å²) in [6.45, 7) is 5.05. The Bertz CT molecular complexity index is 887. The van der Waals surface area contributed by atoms with Gasteiger partial charge in [0.25, 0.3) is 0 Å². The van der Waals surface area contributed by atoms with Gasteiger partial charge in [-0.1, -0.05) is 0 Å². The first-order valence-corrected chi connectivity index (χ1v) is 9.84. The number of piperazine rings is 1. The summed E-state index contributed by atoms with van der Waals surface area (Å²) in [7, 11) is 0. The standard InChI is InChI=1S/C17H20F3N5O3S/c1-3-28-15(27)12-10-29-16(21-12)24-6-4-23(5-7-24)14(26)9-25-11(2)8-13(22-25)17(18,19)20/h8,10H,3-7,9H2,1-2H3. The van der Waals surface area contributed by atoms with Crippen molar-refractivity contribution in [1.29, 1.82) is 0 Å². The highest BCUT2D eigenvalue weighted by Crippen LogP contribution is 2.28. The number of halogens is 3. The summed E-state index contributed by atoms with van der Waals surface area (Å²) in [6.07, 6.45) is -4.54. The maximum Gasteiger partial charge on any atom is 0.435 e. The molecule has 3 heterocycles. The highest BCUT2D eigenvalue weighted by molar-refractivity contribution is 7.13. The Morgan fingerprint density at radius 1 is 1.24 bits per heavy atom. The molecule has 0 atom stereocenters. The number of thiazole rings is 1. The molecule has 3 rings (SSSR count). The Balaban J connectivity index is 1.56. The molecule has 158 valence electrons. The average Bonchev–Trinajstić information content (AvgIpc) is 3.29. The maximum atomic E-state index is 12.8. The Morgan fingerprint density at radius 2 is 1.93 bits per heavy atom. The molecule has 29 heavy (non-hydrogen) atoms. The lowest BCUT2D eigenvalue weighted by atomic mass is 10.3. The average molecular weight is 431 g/mol. The van der Waals surface area contributed by atoms with E-state index < -0.39 is 17.8 Å². The van der Waals surface area contributed by atoms with E-state index in [1.54, 1.807) is 17.2 Å². The normalized spacial score (nSPS) is 14.9. The largest absolute Gasteiger partial charge is 0.461 e. The molecule has 2 aromatic rings. The molecule has 1 saturated heterocycles. The van der Waals surface area contributed by atoms with Gasteiger partial charge in [0.2, 0.25) is 5.91 Å². The van der Waals surface area contributed by atoms with Crippen molar-refractivity contribution in [3.63, 3.8) is 0 Å². The fraction of sp³-hybridized carbons (Fsp3) is 0.529. The number of carbonyl (C=O) groups excluding carboxylic acids is 2. The van der Waals surface area contributed by atoms with Gasteiger partial charge in [-0.15, -0.1) is 11.3 Å². The Labute approximate surface area is 168 Å². The number of anilines is 1. The van der Waals surface area contributed by atoms with Crippen molar-refractivity contribution in [1.82, 2.24) is 19.7 Å². The fourth-order valence-corrected chi connectivity index (χ4v) is 3.74. The number of hydrogen-bond donors (Lipinski definition) is 0. The predicted molar refractivity (Wildman–Crippen MR) is 98.8 cm³/mol. The van der Waals surface area contributed by atoms with Crippen LogP contribution in [0, 0.1) is 6.92 Å². The van der Waals surface area contributed by atoms with Crippen molar-refractivity contribution in [2.75, 3.05) is 37.7 Å². The summed E-state index contributed by atoms with van der Waals surface area (Å²) in [5.41, 5.74) is -0.479. The van der Waals surface area contributed by atoms with Crippen LogP contribution in [0.15, 0.2) is 11.4 Å². The van der Waals surface area contributed by atoms with Crippen LogP contribution >= 0.6 is 11.3 Å². The number of amides is 1. The molecule has 0 N–H and O–H groups in total. The molecule has 0 spiro atoms. The van der Waals surface area contributed by atoms with E-state index in [1.165, 1.54) is 18.3 Å². The van der Waals surface area contributed by atoms with E-state index in [1.807, 2.05) is 4.90 Å². The summed E-state index contributed by atoms with van der Waals surface area (Å²) in [6, 6.07) is 0.925. The van der Waals surface area contributed by atoms with E-state index in [9.17, 15) is 22.8 Å². The molecular weight excluding hydrogens is 411 g/mol. The minimum absolute atomic E-state index is 0.244. The van der Waals surface area contributed by atoms with E-state index in [4.69, 9.17) is 4.74 Å². The van der Waals surface area contributed by atoms with Crippen LogP contribution in [-0.2, 0) is 22.3 Å². The van der Waals surface area contributed by atoms with Gasteiger partial charge in [-0.3, -0.25) is 9.48 Å². The number of aromatic nitrogens is 3. The number of esters is 1. The van der Waals surface area contributed by atoms with Gasteiger partial charge in [-0.2, -0.15) is 18.3 Å². The number of aryl methyl sites for hydroxylation is 1. The lowest BCUT2D eigenvalue weighted by Gasteiger charge is -2.34. The first-order valence-electron chi connectivity index (χ1n) is 8.96. The molecule has 0 bridgehead atoms. The Morgan fingerprint density at radius 3 is 2.52 bits per heavy atom. The summed E-state index contributed by atoms with van der Waals surface area (Å²) in [4.78, 5) is 32.0. The van der Waals surface area contributed by atoms with Gasteiger partial charge in [-0.05, 0) is 19.9 Å². The minimum atomic E-state index is -4.54. The van der Waals surface area contributed by atoms with Crippen LogP contribution < -0.4 is 4.90 Å². The summed E-state index contributed by atoms with van der Waals surface area (Å²) in [5, 5.41) is 5.79. The zero-order chi connectivity index (χ0) is 21.2. The number of hydrogen-bond acceptors (Lipinski definition) is 7. The highest BCUT2D eigenvalue weighted by Gasteiger charge is 2.35. The van der Waals surface area contributed by atoms with Crippen molar-refractivity contribution in [2.45, 2.75) is 26.6 Å². The topological polar surface area (TPSA) is 80.6 Å². The van der Waals surface area contributed by atoms with Crippen molar-refractivity contribution in [3.8, 4) is 0 Å². The Kier molecular flexibility index (Phi) is 6.10. The first kappa shape index (κ1) is 21.1. The summed E-state index contributed by atoms with van der Waals surface area (Å²) in [5.74, 6) is -0.771. The molecule has 0 unspecified atom stereocenters. The molecule has 0 aromatic carbocycles. The number of carbonyl (C=O) groups is 2. The van der Waals surface area contributed by atoms with Crippen LogP contribution in [0.4, 0.5) is 18.3 Å². The van der Waals surface area contributed by atoms with Crippen molar-refractivity contribution < 1.29 is 27.5 Å². The molecule has 8 nitrogen and oxygen atoms in total. The van der Waals surface area contributed by atoms with Gasteiger partial charge in [0, 0.05) is 37.3 Å². The SMILES string of the molecule is CCOC(=O)c1csc(N2CCN(C(=O)Cn3nc(C(F)(F)F)cc3C)CC2)n1. The molecule has 12 heteroatoms. The van der Waals surface area contributed by atoms with Crippen molar-refractivity contribution in [2.24, 2.45) is 0 Å². The second kappa shape index (κ2) is 8.39. The maximum absolute atomic E-state index is 12.8. The third-order valence-electron chi connectivity index (χ3n) is 4.44. The molecule has 0 radical (unpaired) electrons. The van der Waals surface area contributed by atoms with Gasteiger partial charge < -0.3 is 14.5 Å². The third kappa shape index (κ3) is 4.86. The second-order valence-electron chi connectivity index (χ2n) is 6.43. The third-order valence-corrected chi connectivity index (χ3v) is 5.34. The minimum Gasteiger partial charge on any atom is -0.461 e. The van der Waals surface area contributed by atoms with Crippen molar-refractivity contribution in [3.05, 3.63) is 28.5 Å². The second-order valence-corrected chi connectivity index (χ2v) is 7.27. The van der Waals surface area contributed by atoms with Crippen LogP contribution in [0.1, 0.15) is 28.8 Å². The molecule has 2 aromatic heterocycles. The molecule has 1 aliphatic rings. The summed E-state index contributed by atoms with van der Waals surface area (Å²) < 4.78 is 44.3. The fourth-order valence-electron chi connectivity index (χ4n) is 2.89. The van der Waals surface area contributed by atoms with E-state index in [0.717, 1.165) is 10.7 Å². The number of alkyl halides is 3. The van der Waals surface area contributed by atoms with Crippen LogP contribution in [0.5, 0.6) is 0 Å². The van der Waals surface area contributed by atoms with E-state index >= 15 is 0 Å². The summed E-state index contributed by atoms with van der Waals surface area (Å²) >= 11 is 1.32. The van der Waals surface area contributed by atoms with Crippen LogP contribution in [-0.4, -0.2) is 64.3 Å². The predicted octanol–water partition coefficient (Wildman–Crippen LogP) is 2.19. The zero-order valence-corrected chi connectivity index (χ0v) is 16.7. The van der Waals surface area contributed by atoms with Gasteiger partial charge >= 0.3 is 12.1 Å². The van der Waals surface area contributed by atoms with E-state index in [-0.39, 0.29) is 30.4 Å². The molecular formula is C17H20F3N5O3S. The monoisotopic (exact) mass is 431 g/mol. The quantitative estimate of drug-likeness (QED) is 0.676.